The number of rotatable bonds is 5. The Bertz CT molecular complexity index is 948. The van der Waals surface area contributed by atoms with Crippen LogP contribution >= 0.6 is 11.6 Å². The first-order valence-electron chi connectivity index (χ1n) is 9.61. The lowest BCUT2D eigenvalue weighted by molar-refractivity contribution is -0.141. The number of nitrogens with zero attached hydrogens (tertiary/aromatic N) is 3. The Morgan fingerprint density at radius 2 is 2.07 bits per heavy atom. The molecule has 0 spiro atoms. The average molecular weight is 441 g/mol. The molecule has 1 saturated carbocycles. The molecule has 2 aromatic heterocycles. The van der Waals surface area contributed by atoms with E-state index in [0.717, 1.165) is 18.4 Å². The van der Waals surface area contributed by atoms with Crippen LogP contribution in [0, 0.1) is 0 Å². The number of nitrogens with one attached hydrogen (secondary N) is 3. The molecule has 3 heterocycles. The summed E-state index contributed by atoms with van der Waals surface area (Å²) in [5.41, 5.74) is -0.244. The van der Waals surface area contributed by atoms with Gasteiger partial charge in [-0.15, -0.1) is 0 Å². The summed E-state index contributed by atoms with van der Waals surface area (Å²) in [6, 6.07) is 3.42. The summed E-state index contributed by atoms with van der Waals surface area (Å²) >= 11 is 6.07. The Kier molecular flexibility index (Phi) is 5.44. The van der Waals surface area contributed by atoms with Crippen LogP contribution in [0.15, 0.2) is 24.5 Å². The molecule has 2 aliphatic rings. The fourth-order valence-electron chi connectivity index (χ4n) is 4.00. The number of carbonyl (C=O) groups excluding carboxylic acids is 1. The molecule has 1 unspecified atom stereocenters. The summed E-state index contributed by atoms with van der Waals surface area (Å²) in [7, 11) is 0. The van der Waals surface area contributed by atoms with Gasteiger partial charge in [-0.2, -0.15) is 13.2 Å². The Hall–Kier alpha value is -2.62. The van der Waals surface area contributed by atoms with Crippen LogP contribution in [0.4, 0.5) is 24.8 Å². The number of pyridine rings is 1. The van der Waals surface area contributed by atoms with Crippen LogP contribution in [0.1, 0.15) is 43.0 Å². The fourth-order valence-corrected chi connectivity index (χ4v) is 4.17. The smallest absolute Gasteiger partial charge is 0.369 e. The number of alkyl halides is 3. The molecule has 4 rings (SSSR count). The summed E-state index contributed by atoms with van der Waals surface area (Å²) in [6.07, 6.45) is 1.01. The summed E-state index contributed by atoms with van der Waals surface area (Å²) < 4.78 is 37.7. The molecule has 2 aromatic rings. The second-order valence-electron chi connectivity index (χ2n) is 7.54. The van der Waals surface area contributed by atoms with Crippen LogP contribution in [0.5, 0.6) is 0 Å². The third-order valence-electron chi connectivity index (χ3n) is 5.43. The molecule has 1 amide bonds. The van der Waals surface area contributed by atoms with E-state index in [1.165, 1.54) is 0 Å². The van der Waals surface area contributed by atoms with Gasteiger partial charge >= 0.3 is 6.18 Å². The van der Waals surface area contributed by atoms with Crippen molar-refractivity contribution in [1.82, 2.24) is 20.3 Å². The Morgan fingerprint density at radius 3 is 2.80 bits per heavy atom. The molecular weight excluding hydrogens is 421 g/mol. The van der Waals surface area contributed by atoms with Crippen LogP contribution in [0.2, 0.25) is 5.02 Å². The van der Waals surface area contributed by atoms with Gasteiger partial charge in [0.25, 0.3) is 0 Å². The number of fused-ring (bicyclic) bond motifs is 1. The Morgan fingerprint density at radius 1 is 1.30 bits per heavy atom. The summed E-state index contributed by atoms with van der Waals surface area (Å²) in [5.74, 6) is 0.782. The molecule has 0 radical (unpaired) electrons. The van der Waals surface area contributed by atoms with Crippen LogP contribution < -0.4 is 16.0 Å². The van der Waals surface area contributed by atoms with E-state index in [1.54, 1.807) is 24.5 Å². The predicted octanol–water partition coefficient (Wildman–Crippen LogP) is 3.49. The standard InChI is InChI=1S/C19H20ClF3N6O/c20-11-7-12-13(9-26-15(12)25-8-11)16-24-6-3-14(28-16)29-18(4-1-2-5-18)17(30)27-10-19(21,22)23/h3,6-8,13H,1-2,4-5,9-10H2,(H,25,26)(H,27,30)(H,24,28,29). The van der Waals surface area contributed by atoms with Gasteiger partial charge in [0.15, 0.2) is 0 Å². The second-order valence-corrected chi connectivity index (χ2v) is 7.97. The van der Waals surface area contributed by atoms with Gasteiger partial charge in [0.2, 0.25) is 5.91 Å². The molecule has 1 aliphatic carbocycles. The molecule has 0 bridgehead atoms. The van der Waals surface area contributed by atoms with Crippen LogP contribution in [-0.4, -0.2) is 45.7 Å². The normalized spacial score (nSPS) is 19.8. The van der Waals surface area contributed by atoms with Crippen molar-refractivity contribution in [3.05, 3.63) is 40.9 Å². The minimum Gasteiger partial charge on any atom is -0.369 e. The van der Waals surface area contributed by atoms with Gasteiger partial charge in [-0.1, -0.05) is 24.4 Å². The molecule has 30 heavy (non-hydrogen) atoms. The van der Waals surface area contributed by atoms with Crippen molar-refractivity contribution in [1.29, 1.82) is 0 Å². The molecular formula is C19H20ClF3N6O. The number of hydrogen-bond donors (Lipinski definition) is 3. The molecule has 3 N–H and O–H groups in total. The van der Waals surface area contributed by atoms with E-state index in [4.69, 9.17) is 11.6 Å². The van der Waals surface area contributed by atoms with Gasteiger partial charge in [-0.05, 0) is 25.0 Å². The minimum absolute atomic E-state index is 0.175. The lowest BCUT2D eigenvalue weighted by Crippen LogP contribution is -2.52. The quantitative estimate of drug-likeness (QED) is 0.659. The lowest BCUT2D eigenvalue weighted by Gasteiger charge is -2.30. The molecule has 160 valence electrons. The lowest BCUT2D eigenvalue weighted by atomic mass is 9.96. The maximum Gasteiger partial charge on any atom is 0.405 e. The first kappa shape index (κ1) is 20.6. The third kappa shape index (κ3) is 4.28. The monoisotopic (exact) mass is 440 g/mol. The number of amides is 1. The van der Waals surface area contributed by atoms with Gasteiger partial charge in [0.05, 0.1) is 10.9 Å². The van der Waals surface area contributed by atoms with Gasteiger partial charge < -0.3 is 16.0 Å². The van der Waals surface area contributed by atoms with E-state index in [1.807, 2.05) is 5.32 Å². The number of hydrogen-bond acceptors (Lipinski definition) is 6. The van der Waals surface area contributed by atoms with E-state index >= 15 is 0 Å². The SMILES string of the molecule is O=C(NCC(F)(F)F)C1(Nc2ccnc(C3CNc4ncc(Cl)cc43)n2)CCCC1. The third-order valence-corrected chi connectivity index (χ3v) is 5.63. The van der Waals surface area contributed by atoms with Gasteiger partial charge in [-0.3, -0.25) is 4.79 Å². The summed E-state index contributed by atoms with van der Waals surface area (Å²) in [6.45, 7) is -0.814. The molecule has 0 saturated heterocycles. The van der Waals surface area contributed by atoms with E-state index in [2.05, 4.69) is 25.6 Å². The van der Waals surface area contributed by atoms with Crippen molar-refractivity contribution in [2.45, 2.75) is 43.3 Å². The maximum absolute atomic E-state index is 12.6. The summed E-state index contributed by atoms with van der Waals surface area (Å²) in [5, 5.41) is 8.80. The topological polar surface area (TPSA) is 91.8 Å². The molecule has 0 aromatic carbocycles. The highest BCUT2D eigenvalue weighted by Gasteiger charge is 2.43. The van der Waals surface area contributed by atoms with Crippen molar-refractivity contribution in [2.24, 2.45) is 0 Å². The van der Waals surface area contributed by atoms with Crippen LogP contribution in [0.3, 0.4) is 0 Å². The Balaban J connectivity index is 1.55. The van der Waals surface area contributed by atoms with Gasteiger partial charge in [0.1, 0.15) is 29.5 Å². The highest BCUT2D eigenvalue weighted by atomic mass is 35.5. The largest absolute Gasteiger partial charge is 0.405 e. The van der Waals surface area contributed by atoms with Crippen molar-refractivity contribution >= 4 is 29.1 Å². The molecule has 1 aliphatic heterocycles. The van der Waals surface area contributed by atoms with Crippen molar-refractivity contribution in [3.8, 4) is 0 Å². The molecule has 1 fully saturated rings. The predicted molar refractivity (Wildman–Crippen MR) is 105 cm³/mol. The number of halogens is 4. The second kappa shape index (κ2) is 7.90. The fraction of sp³-hybridized carbons (Fsp3) is 0.474. The Labute approximate surface area is 175 Å². The first-order valence-corrected chi connectivity index (χ1v) is 9.99. The van der Waals surface area contributed by atoms with Crippen LogP contribution in [0.25, 0.3) is 0 Å². The zero-order valence-electron chi connectivity index (χ0n) is 15.9. The highest BCUT2D eigenvalue weighted by molar-refractivity contribution is 6.30. The van der Waals surface area contributed by atoms with Crippen LogP contribution in [-0.2, 0) is 4.79 Å². The molecule has 11 heteroatoms. The first-order chi connectivity index (χ1) is 14.3. The zero-order chi connectivity index (χ0) is 21.4. The van der Waals surface area contributed by atoms with E-state index in [9.17, 15) is 18.0 Å². The highest BCUT2D eigenvalue weighted by Crippen LogP contribution is 2.36. The maximum atomic E-state index is 12.6. The van der Waals surface area contributed by atoms with E-state index in [0.29, 0.717) is 41.9 Å². The number of aromatic nitrogens is 3. The van der Waals surface area contributed by atoms with Gasteiger partial charge in [-0.25, -0.2) is 15.0 Å². The number of carbonyl (C=O) groups is 1. The summed E-state index contributed by atoms with van der Waals surface area (Å²) in [4.78, 5) is 25.8. The zero-order valence-corrected chi connectivity index (χ0v) is 16.6. The molecule has 1 atom stereocenters. The van der Waals surface area contributed by atoms with Crippen molar-refractivity contribution in [3.63, 3.8) is 0 Å². The van der Waals surface area contributed by atoms with Gasteiger partial charge in [0, 0.05) is 24.5 Å². The van der Waals surface area contributed by atoms with Crippen molar-refractivity contribution < 1.29 is 18.0 Å². The molecule has 7 nitrogen and oxygen atoms in total. The van der Waals surface area contributed by atoms with E-state index < -0.39 is 24.2 Å². The minimum atomic E-state index is -4.46. The van der Waals surface area contributed by atoms with E-state index in [-0.39, 0.29) is 5.92 Å². The van der Waals surface area contributed by atoms with Crippen molar-refractivity contribution in [2.75, 3.05) is 23.7 Å². The average Bonchev–Trinajstić information content (AvgIpc) is 3.33. The number of anilines is 2.